The standard InChI is InChI=1S/C39H44F6O3/c1-3-5-21-46-32-19-17-29(35(41)38(32)44)26-9-7-24(8-10-26)25-11-14-28(15-12-25)48-23-27-13-16-30(36(42)34(27)40)31-18-20-33(39(45)37(31)43)47-22-6-4-2/h9,13,16-20,24-25,28H,3-8,10-12,14-15,21-23H2,1-2H3. The number of benzene rings is 3. The highest BCUT2D eigenvalue weighted by Gasteiger charge is 2.30. The van der Waals surface area contributed by atoms with Crippen LogP contribution >= 0.6 is 0 Å². The molecule has 0 heterocycles. The molecule has 2 aliphatic carbocycles. The summed E-state index contributed by atoms with van der Waals surface area (Å²) >= 11 is 0. The zero-order valence-corrected chi connectivity index (χ0v) is 27.7. The summed E-state index contributed by atoms with van der Waals surface area (Å²) in [4.78, 5) is 0. The summed E-state index contributed by atoms with van der Waals surface area (Å²) in [5, 5.41) is 0. The highest BCUT2D eigenvalue weighted by molar-refractivity contribution is 5.68. The van der Waals surface area contributed by atoms with Crippen molar-refractivity contribution in [2.45, 2.75) is 97.2 Å². The largest absolute Gasteiger partial charge is 0.490 e. The van der Waals surface area contributed by atoms with Gasteiger partial charge in [-0.25, -0.2) is 17.6 Å². The van der Waals surface area contributed by atoms with Gasteiger partial charge in [-0.15, -0.1) is 0 Å². The molecule has 0 aliphatic heterocycles. The van der Waals surface area contributed by atoms with E-state index in [4.69, 9.17) is 14.2 Å². The Bertz CT molecular complexity index is 1580. The van der Waals surface area contributed by atoms with Gasteiger partial charge in [-0.2, -0.15) is 8.78 Å². The lowest BCUT2D eigenvalue weighted by atomic mass is 9.73. The van der Waals surface area contributed by atoms with Gasteiger partial charge in [-0.05, 0) is 99.5 Å². The van der Waals surface area contributed by atoms with Gasteiger partial charge in [0.25, 0.3) is 0 Å². The van der Waals surface area contributed by atoms with E-state index in [1.807, 2.05) is 19.9 Å². The van der Waals surface area contributed by atoms with Gasteiger partial charge >= 0.3 is 0 Å². The van der Waals surface area contributed by atoms with Gasteiger partial charge in [0.05, 0.1) is 25.9 Å². The molecule has 0 bridgehead atoms. The first-order chi connectivity index (χ1) is 23.2. The van der Waals surface area contributed by atoms with Crippen LogP contribution in [0.4, 0.5) is 26.3 Å². The maximum absolute atomic E-state index is 15.1. The van der Waals surface area contributed by atoms with E-state index in [1.165, 1.54) is 30.3 Å². The van der Waals surface area contributed by atoms with Gasteiger partial charge < -0.3 is 14.2 Å². The van der Waals surface area contributed by atoms with E-state index in [1.54, 1.807) is 6.07 Å². The molecule has 0 aromatic heterocycles. The van der Waals surface area contributed by atoms with Crippen LogP contribution in [0.1, 0.15) is 95.6 Å². The van der Waals surface area contributed by atoms with Crippen LogP contribution in [0.3, 0.4) is 0 Å². The summed E-state index contributed by atoms with van der Waals surface area (Å²) in [7, 11) is 0. The molecule has 1 unspecified atom stereocenters. The number of halogens is 6. The molecule has 0 saturated heterocycles. The molecule has 3 aromatic carbocycles. The van der Waals surface area contributed by atoms with E-state index in [0.29, 0.717) is 36.8 Å². The Morgan fingerprint density at radius 2 is 1.12 bits per heavy atom. The van der Waals surface area contributed by atoms with Crippen LogP contribution < -0.4 is 9.47 Å². The summed E-state index contributed by atoms with van der Waals surface area (Å²) in [6, 6.07) is 8.12. The molecule has 3 aromatic rings. The highest BCUT2D eigenvalue weighted by atomic mass is 19.2. The maximum atomic E-state index is 15.1. The molecule has 0 spiro atoms. The van der Waals surface area contributed by atoms with Crippen LogP contribution in [0, 0.1) is 46.7 Å². The Kier molecular flexibility index (Phi) is 12.5. The van der Waals surface area contributed by atoms with Gasteiger partial charge in [0, 0.05) is 22.3 Å². The average Bonchev–Trinajstić information content (AvgIpc) is 3.10. The second kappa shape index (κ2) is 16.8. The van der Waals surface area contributed by atoms with Crippen molar-refractivity contribution in [1.82, 2.24) is 0 Å². The number of unbranched alkanes of at least 4 members (excludes halogenated alkanes) is 2. The minimum atomic E-state index is -1.30. The quantitative estimate of drug-likeness (QED) is 0.126. The van der Waals surface area contributed by atoms with E-state index in [0.717, 1.165) is 63.4 Å². The van der Waals surface area contributed by atoms with Crippen molar-refractivity contribution in [3.8, 4) is 22.6 Å². The number of ether oxygens (including phenoxy) is 3. The van der Waals surface area contributed by atoms with Crippen molar-refractivity contribution in [2.24, 2.45) is 11.8 Å². The Morgan fingerprint density at radius 3 is 1.69 bits per heavy atom. The highest BCUT2D eigenvalue weighted by Crippen LogP contribution is 2.42. The third-order valence-corrected chi connectivity index (χ3v) is 9.71. The Labute approximate surface area is 279 Å². The van der Waals surface area contributed by atoms with Gasteiger partial charge in [0.1, 0.15) is 0 Å². The molecular formula is C39H44F6O3. The van der Waals surface area contributed by atoms with E-state index in [2.05, 4.69) is 0 Å². The zero-order valence-electron chi connectivity index (χ0n) is 27.7. The lowest BCUT2D eigenvalue weighted by Gasteiger charge is -2.35. The third kappa shape index (κ3) is 8.21. The molecule has 9 heteroatoms. The monoisotopic (exact) mass is 674 g/mol. The van der Waals surface area contributed by atoms with Crippen LogP contribution in [0.25, 0.3) is 16.7 Å². The normalized spacial score (nSPS) is 19.7. The summed E-state index contributed by atoms with van der Waals surface area (Å²) in [5.74, 6) is -6.17. The number of hydrogen-bond donors (Lipinski definition) is 0. The minimum Gasteiger partial charge on any atom is -0.490 e. The van der Waals surface area contributed by atoms with E-state index in [9.17, 15) is 17.6 Å². The first-order valence-electron chi connectivity index (χ1n) is 17.2. The molecule has 1 atom stereocenters. The summed E-state index contributed by atoms with van der Waals surface area (Å²) < 4.78 is 106. The second-order valence-corrected chi connectivity index (χ2v) is 12.9. The molecule has 48 heavy (non-hydrogen) atoms. The summed E-state index contributed by atoms with van der Waals surface area (Å²) in [5.41, 5.74) is 0.364. The Hall–Kier alpha value is -3.46. The van der Waals surface area contributed by atoms with Gasteiger partial charge in [0.2, 0.25) is 11.6 Å². The lowest BCUT2D eigenvalue weighted by molar-refractivity contribution is -0.000995. The molecule has 260 valence electrons. The molecule has 0 radical (unpaired) electrons. The van der Waals surface area contributed by atoms with Crippen molar-refractivity contribution in [1.29, 1.82) is 0 Å². The zero-order chi connectivity index (χ0) is 34.2. The van der Waals surface area contributed by atoms with Crippen molar-refractivity contribution in [3.05, 3.63) is 88.5 Å². The molecule has 3 nitrogen and oxygen atoms in total. The van der Waals surface area contributed by atoms with Crippen molar-refractivity contribution >= 4 is 5.57 Å². The molecule has 5 rings (SSSR count). The van der Waals surface area contributed by atoms with Crippen LogP contribution in [0.2, 0.25) is 0 Å². The summed E-state index contributed by atoms with van der Waals surface area (Å²) in [6.45, 7) is 4.38. The van der Waals surface area contributed by atoms with E-state index in [-0.39, 0.29) is 47.5 Å². The fraction of sp³-hybridized carbons (Fsp3) is 0.487. The number of allylic oxidation sites excluding steroid dienone is 2. The molecule has 1 fully saturated rings. The molecule has 2 aliphatic rings. The first kappa shape index (κ1) is 35.8. The number of rotatable bonds is 14. The Balaban J connectivity index is 1.12. The van der Waals surface area contributed by atoms with Crippen LogP contribution in [0.15, 0.2) is 42.5 Å². The molecule has 0 N–H and O–H groups in total. The molecule has 1 saturated carbocycles. The fourth-order valence-electron chi connectivity index (χ4n) is 6.77. The topological polar surface area (TPSA) is 27.7 Å². The van der Waals surface area contributed by atoms with Crippen LogP contribution in [0.5, 0.6) is 11.5 Å². The third-order valence-electron chi connectivity index (χ3n) is 9.71. The first-order valence-corrected chi connectivity index (χ1v) is 17.2. The van der Waals surface area contributed by atoms with Gasteiger partial charge in [-0.3, -0.25) is 0 Å². The predicted molar refractivity (Wildman–Crippen MR) is 175 cm³/mol. The van der Waals surface area contributed by atoms with Gasteiger partial charge in [-0.1, -0.05) is 44.9 Å². The van der Waals surface area contributed by atoms with E-state index >= 15 is 8.78 Å². The number of hydrogen-bond acceptors (Lipinski definition) is 3. The SMILES string of the molecule is CCCCOc1ccc(C2=CCC(C3CCC(OCc4ccc(-c5ccc(OCCCC)c(F)c5F)c(F)c4F)CC3)CC2)c(F)c1F. The van der Waals surface area contributed by atoms with Crippen molar-refractivity contribution in [3.63, 3.8) is 0 Å². The maximum Gasteiger partial charge on any atom is 0.201 e. The summed E-state index contributed by atoms with van der Waals surface area (Å²) in [6.07, 6.45) is 10.8. The minimum absolute atomic E-state index is 0.00735. The van der Waals surface area contributed by atoms with Crippen molar-refractivity contribution in [2.75, 3.05) is 13.2 Å². The van der Waals surface area contributed by atoms with Gasteiger partial charge in [0.15, 0.2) is 34.8 Å². The molecular weight excluding hydrogens is 630 g/mol. The average molecular weight is 675 g/mol. The van der Waals surface area contributed by atoms with Crippen LogP contribution in [-0.4, -0.2) is 19.3 Å². The van der Waals surface area contributed by atoms with E-state index < -0.39 is 34.9 Å². The molecule has 0 amide bonds. The second-order valence-electron chi connectivity index (χ2n) is 12.9. The fourth-order valence-corrected chi connectivity index (χ4v) is 6.77. The smallest absolute Gasteiger partial charge is 0.201 e. The van der Waals surface area contributed by atoms with Crippen molar-refractivity contribution < 1.29 is 40.6 Å². The lowest BCUT2D eigenvalue weighted by Crippen LogP contribution is -2.27. The van der Waals surface area contributed by atoms with Crippen LogP contribution in [-0.2, 0) is 11.3 Å². The predicted octanol–water partition coefficient (Wildman–Crippen LogP) is 11.5. The Morgan fingerprint density at radius 1 is 0.583 bits per heavy atom.